The van der Waals surface area contributed by atoms with Crippen molar-refractivity contribution in [3.8, 4) is 23.0 Å². The minimum absolute atomic E-state index is 0.169. The van der Waals surface area contributed by atoms with Crippen molar-refractivity contribution < 1.29 is 46.1 Å². The molecule has 0 saturated carbocycles. The fourth-order valence-electron chi connectivity index (χ4n) is 4.12. The van der Waals surface area contributed by atoms with Crippen LogP contribution in [-0.4, -0.2) is 75.3 Å². The number of aliphatic hydroxyl groups excluding tert-OH is 2. The topological polar surface area (TPSA) is 150 Å². The van der Waals surface area contributed by atoms with Crippen molar-refractivity contribution in [3.05, 3.63) is 69.8 Å². The SMILES string of the molecule is CC(=O)CC(CO)c1nc(Cn2nc(-c3ccc(Cl)cc3)n(C[C@H](O)C(F)(F)F)c2=O)nn1-c1ncccc1OC(F)(F)F. The van der Waals surface area contributed by atoms with E-state index in [0.717, 1.165) is 23.0 Å². The molecule has 19 heteroatoms. The molecule has 236 valence electrons. The lowest BCUT2D eigenvalue weighted by Crippen LogP contribution is -2.37. The van der Waals surface area contributed by atoms with E-state index in [9.17, 15) is 46.1 Å². The van der Waals surface area contributed by atoms with Crippen LogP contribution >= 0.6 is 11.6 Å². The Bertz CT molecular complexity index is 1680. The number of ether oxygens (including phenoxy) is 1. The number of pyridine rings is 1. The Morgan fingerprint density at radius 2 is 1.77 bits per heavy atom. The molecule has 2 N–H and O–H groups in total. The van der Waals surface area contributed by atoms with E-state index >= 15 is 0 Å². The summed E-state index contributed by atoms with van der Waals surface area (Å²) in [5, 5.41) is 28.2. The first-order valence-electron chi connectivity index (χ1n) is 12.5. The Morgan fingerprint density at radius 1 is 1.09 bits per heavy atom. The van der Waals surface area contributed by atoms with Crippen LogP contribution in [0.2, 0.25) is 5.02 Å². The maximum Gasteiger partial charge on any atom is 0.573 e. The van der Waals surface area contributed by atoms with Gasteiger partial charge in [-0.25, -0.2) is 19.4 Å². The molecule has 2 atom stereocenters. The Hall–Kier alpha value is -4.29. The first kappa shape index (κ1) is 32.6. The van der Waals surface area contributed by atoms with Crippen LogP contribution in [0.1, 0.15) is 30.9 Å². The van der Waals surface area contributed by atoms with Gasteiger partial charge in [-0.3, -0.25) is 4.57 Å². The second-order valence-corrected chi connectivity index (χ2v) is 9.83. The maximum absolute atomic E-state index is 13.3. The Balaban J connectivity index is 1.84. The quantitative estimate of drug-likeness (QED) is 0.233. The number of nitrogens with zero attached hydrogens (tertiary/aromatic N) is 7. The lowest BCUT2D eigenvalue weighted by atomic mass is 10.0. The molecule has 0 aliphatic rings. The Labute approximate surface area is 248 Å². The summed E-state index contributed by atoms with van der Waals surface area (Å²) < 4.78 is 85.0. The zero-order chi connectivity index (χ0) is 32.4. The second-order valence-electron chi connectivity index (χ2n) is 9.40. The summed E-state index contributed by atoms with van der Waals surface area (Å²) in [7, 11) is 0. The molecule has 0 bridgehead atoms. The van der Waals surface area contributed by atoms with Crippen LogP contribution in [0.15, 0.2) is 47.4 Å². The number of Topliss-reactive ketones (excluding diaryl/α,β-unsaturated/α-hetero) is 1. The first-order valence-corrected chi connectivity index (χ1v) is 12.9. The lowest BCUT2D eigenvalue weighted by Gasteiger charge is -2.16. The third-order valence-corrected chi connectivity index (χ3v) is 6.27. The Kier molecular flexibility index (Phi) is 9.45. The normalized spacial score (nSPS) is 13.6. The molecule has 0 fully saturated rings. The number of alkyl halides is 6. The van der Waals surface area contributed by atoms with Crippen LogP contribution < -0.4 is 10.4 Å². The van der Waals surface area contributed by atoms with Gasteiger partial charge in [0.05, 0.1) is 13.2 Å². The molecular weight excluding hydrogens is 628 g/mol. The molecule has 4 rings (SSSR count). The first-order chi connectivity index (χ1) is 20.6. The summed E-state index contributed by atoms with van der Waals surface area (Å²) in [5.41, 5.74) is -0.944. The van der Waals surface area contributed by atoms with Gasteiger partial charge < -0.3 is 19.7 Å². The number of carbonyl (C=O) groups is 1. The number of aliphatic hydroxyl groups is 2. The van der Waals surface area contributed by atoms with Gasteiger partial charge in [-0.15, -0.1) is 23.4 Å². The van der Waals surface area contributed by atoms with Gasteiger partial charge in [-0.2, -0.15) is 17.9 Å². The highest BCUT2D eigenvalue weighted by Gasteiger charge is 2.39. The number of benzene rings is 1. The van der Waals surface area contributed by atoms with E-state index in [1.807, 2.05) is 0 Å². The van der Waals surface area contributed by atoms with E-state index in [0.29, 0.717) is 9.25 Å². The van der Waals surface area contributed by atoms with Gasteiger partial charge >= 0.3 is 18.2 Å². The molecule has 0 spiro atoms. The smallest absolute Gasteiger partial charge is 0.402 e. The molecule has 1 unspecified atom stereocenters. The average Bonchev–Trinajstić information content (AvgIpc) is 3.48. The zero-order valence-electron chi connectivity index (χ0n) is 22.4. The van der Waals surface area contributed by atoms with Crippen LogP contribution in [0.5, 0.6) is 5.75 Å². The number of aromatic nitrogens is 7. The number of carbonyl (C=O) groups excluding carboxylic acids is 1. The fraction of sp³-hybridized carbons (Fsp3) is 0.360. The standard InChI is InChI=1S/C25H22ClF6N7O5/c1-13(41)9-15(12-40)20-34-19(35-39(20)22-17(3-2-8-33-22)44-25(30,31)32)11-38-23(43)37(10-18(42)24(27,28)29)21(36-38)14-4-6-16(26)7-5-14/h2-8,15,18,40,42H,9-12H2,1H3/t15?,18-/m0/s1. The molecule has 0 amide bonds. The molecule has 3 aromatic heterocycles. The summed E-state index contributed by atoms with van der Waals surface area (Å²) >= 11 is 5.89. The van der Waals surface area contributed by atoms with E-state index in [2.05, 4.69) is 24.9 Å². The van der Waals surface area contributed by atoms with Gasteiger partial charge in [-0.05, 0) is 43.3 Å². The highest BCUT2D eigenvalue weighted by molar-refractivity contribution is 6.30. The second kappa shape index (κ2) is 12.7. The summed E-state index contributed by atoms with van der Waals surface area (Å²) in [6, 6.07) is 7.66. The third-order valence-electron chi connectivity index (χ3n) is 6.02. The number of hydrogen-bond donors (Lipinski definition) is 2. The molecule has 44 heavy (non-hydrogen) atoms. The van der Waals surface area contributed by atoms with Crippen molar-refractivity contribution in [2.45, 2.75) is 51.0 Å². The van der Waals surface area contributed by atoms with Crippen LogP contribution in [0.3, 0.4) is 0 Å². The van der Waals surface area contributed by atoms with Gasteiger partial charge in [0.2, 0.25) is 0 Å². The summed E-state index contributed by atoms with van der Waals surface area (Å²) in [6.45, 7) is -1.33. The molecule has 4 aromatic rings. The summed E-state index contributed by atoms with van der Waals surface area (Å²) in [6.07, 6.45) is -12.3. The average molecular weight is 650 g/mol. The van der Waals surface area contributed by atoms with Crippen molar-refractivity contribution in [1.82, 2.24) is 34.1 Å². The van der Waals surface area contributed by atoms with E-state index in [1.54, 1.807) is 0 Å². The number of halogens is 7. The van der Waals surface area contributed by atoms with Crippen molar-refractivity contribution in [2.75, 3.05) is 6.61 Å². The number of rotatable bonds is 11. The lowest BCUT2D eigenvalue weighted by molar-refractivity contribution is -0.274. The molecule has 0 radical (unpaired) electrons. The molecular formula is C25H22ClF6N7O5. The molecule has 0 saturated heterocycles. The van der Waals surface area contributed by atoms with E-state index in [1.165, 1.54) is 31.2 Å². The molecule has 0 aliphatic heterocycles. The van der Waals surface area contributed by atoms with Crippen LogP contribution in [0, 0.1) is 0 Å². The van der Waals surface area contributed by atoms with E-state index in [4.69, 9.17) is 11.6 Å². The minimum Gasteiger partial charge on any atom is -0.402 e. The largest absolute Gasteiger partial charge is 0.573 e. The Morgan fingerprint density at radius 3 is 2.36 bits per heavy atom. The summed E-state index contributed by atoms with van der Waals surface area (Å²) in [5.74, 6) is -3.60. The van der Waals surface area contributed by atoms with Gasteiger partial charge in [0.25, 0.3) is 0 Å². The van der Waals surface area contributed by atoms with E-state index in [-0.39, 0.29) is 34.5 Å². The molecule has 3 heterocycles. The monoisotopic (exact) mass is 649 g/mol. The molecule has 1 aromatic carbocycles. The van der Waals surface area contributed by atoms with Crippen molar-refractivity contribution in [2.24, 2.45) is 0 Å². The highest BCUT2D eigenvalue weighted by atomic mass is 35.5. The van der Waals surface area contributed by atoms with E-state index < -0.39 is 67.3 Å². The van der Waals surface area contributed by atoms with Gasteiger partial charge in [0.1, 0.15) is 18.2 Å². The summed E-state index contributed by atoms with van der Waals surface area (Å²) in [4.78, 5) is 33.2. The predicted octanol–water partition coefficient (Wildman–Crippen LogP) is 3.27. The number of hydrogen-bond acceptors (Lipinski definition) is 9. The van der Waals surface area contributed by atoms with Crippen molar-refractivity contribution in [1.29, 1.82) is 0 Å². The van der Waals surface area contributed by atoms with Crippen LogP contribution in [-0.2, 0) is 17.9 Å². The van der Waals surface area contributed by atoms with Gasteiger partial charge in [0.15, 0.2) is 29.3 Å². The van der Waals surface area contributed by atoms with Crippen molar-refractivity contribution >= 4 is 17.4 Å². The fourth-order valence-corrected chi connectivity index (χ4v) is 4.24. The van der Waals surface area contributed by atoms with Crippen LogP contribution in [0.25, 0.3) is 17.2 Å². The maximum atomic E-state index is 13.3. The minimum atomic E-state index is -5.13. The number of ketones is 1. The zero-order valence-corrected chi connectivity index (χ0v) is 23.2. The predicted molar refractivity (Wildman–Crippen MR) is 139 cm³/mol. The molecule has 12 nitrogen and oxygen atoms in total. The van der Waals surface area contributed by atoms with Crippen LogP contribution in [0.4, 0.5) is 26.3 Å². The molecule has 0 aliphatic carbocycles. The van der Waals surface area contributed by atoms with Crippen molar-refractivity contribution in [3.63, 3.8) is 0 Å². The van der Waals surface area contributed by atoms with Gasteiger partial charge in [-0.1, -0.05) is 11.6 Å². The van der Waals surface area contributed by atoms with Gasteiger partial charge in [0, 0.05) is 29.1 Å². The highest BCUT2D eigenvalue weighted by Crippen LogP contribution is 2.30. The third kappa shape index (κ3) is 7.61.